The highest BCUT2D eigenvalue weighted by atomic mass is 32.1. The Kier molecular flexibility index (Phi) is 7.33. The van der Waals surface area contributed by atoms with Crippen LogP contribution in [0.5, 0.6) is 0 Å². The Bertz CT molecular complexity index is 743. The number of benzene rings is 1. The van der Waals surface area contributed by atoms with Gasteiger partial charge in [0.25, 0.3) is 5.91 Å². The number of nitrogens with one attached hydrogen (secondary N) is 1. The lowest BCUT2D eigenvalue weighted by Gasteiger charge is -2.28. The second kappa shape index (κ2) is 9.48. The van der Waals surface area contributed by atoms with Crippen LogP contribution in [0.15, 0.2) is 35.7 Å². The second-order valence-electron chi connectivity index (χ2n) is 6.32. The van der Waals surface area contributed by atoms with Crippen molar-refractivity contribution < 1.29 is 14.0 Å². The van der Waals surface area contributed by atoms with Crippen LogP contribution in [0.25, 0.3) is 0 Å². The van der Waals surface area contributed by atoms with Crippen LogP contribution in [-0.4, -0.2) is 29.3 Å². The summed E-state index contributed by atoms with van der Waals surface area (Å²) in [5, 5.41) is 4.76. The van der Waals surface area contributed by atoms with E-state index < -0.39 is 0 Å². The molecule has 2 aromatic rings. The average molecular weight is 376 g/mol. The Morgan fingerprint density at radius 2 is 1.92 bits per heavy atom. The van der Waals surface area contributed by atoms with Gasteiger partial charge in [-0.1, -0.05) is 6.92 Å². The first-order valence-electron chi connectivity index (χ1n) is 8.78. The highest BCUT2D eigenvalue weighted by Gasteiger charge is 2.20. The van der Waals surface area contributed by atoms with Crippen molar-refractivity contribution in [2.75, 3.05) is 6.54 Å². The van der Waals surface area contributed by atoms with Crippen molar-refractivity contribution in [2.24, 2.45) is 0 Å². The highest BCUT2D eigenvalue weighted by molar-refractivity contribution is 7.10. The lowest BCUT2D eigenvalue weighted by molar-refractivity contribution is -0.133. The van der Waals surface area contributed by atoms with Gasteiger partial charge in [0.15, 0.2) is 0 Å². The maximum atomic E-state index is 12.9. The van der Waals surface area contributed by atoms with Crippen LogP contribution in [-0.2, 0) is 11.3 Å². The summed E-state index contributed by atoms with van der Waals surface area (Å²) in [5.74, 6) is -0.668. The summed E-state index contributed by atoms with van der Waals surface area (Å²) < 4.78 is 12.9. The third kappa shape index (κ3) is 5.39. The molecule has 0 bridgehead atoms. The Balaban J connectivity index is 1.91. The van der Waals surface area contributed by atoms with Gasteiger partial charge < -0.3 is 10.2 Å². The van der Waals surface area contributed by atoms with Gasteiger partial charge in [0, 0.05) is 29.4 Å². The molecule has 1 unspecified atom stereocenters. The van der Waals surface area contributed by atoms with E-state index in [1.54, 1.807) is 11.3 Å². The fraction of sp³-hybridized carbons (Fsp3) is 0.400. The maximum Gasteiger partial charge on any atom is 0.251 e. The lowest BCUT2D eigenvalue weighted by Crippen LogP contribution is -2.39. The largest absolute Gasteiger partial charge is 0.352 e. The van der Waals surface area contributed by atoms with Crippen molar-refractivity contribution in [3.05, 3.63) is 57.5 Å². The second-order valence-corrected chi connectivity index (χ2v) is 7.32. The lowest BCUT2D eigenvalue weighted by atomic mass is 10.1. The van der Waals surface area contributed by atoms with Crippen molar-refractivity contribution in [3.63, 3.8) is 0 Å². The molecule has 1 N–H and O–H groups in total. The van der Waals surface area contributed by atoms with Crippen LogP contribution in [0.1, 0.15) is 47.5 Å². The third-order valence-electron chi connectivity index (χ3n) is 4.46. The van der Waals surface area contributed by atoms with E-state index in [9.17, 15) is 14.0 Å². The van der Waals surface area contributed by atoms with Crippen molar-refractivity contribution >= 4 is 23.2 Å². The van der Waals surface area contributed by atoms with Gasteiger partial charge in [-0.3, -0.25) is 9.59 Å². The predicted molar refractivity (Wildman–Crippen MR) is 103 cm³/mol. The summed E-state index contributed by atoms with van der Waals surface area (Å²) >= 11 is 1.66. The molecular formula is C20H25FN2O2S. The molecule has 1 atom stereocenters. The Hall–Kier alpha value is -2.21. The van der Waals surface area contributed by atoms with E-state index in [0.29, 0.717) is 12.1 Å². The van der Waals surface area contributed by atoms with Gasteiger partial charge in [-0.2, -0.15) is 0 Å². The zero-order chi connectivity index (χ0) is 19.1. The molecule has 2 amide bonds. The quantitative estimate of drug-likeness (QED) is 0.753. The maximum absolute atomic E-state index is 12.9. The van der Waals surface area contributed by atoms with Crippen molar-refractivity contribution in [1.82, 2.24) is 10.2 Å². The summed E-state index contributed by atoms with van der Waals surface area (Å²) in [6.45, 7) is 7.00. The summed E-state index contributed by atoms with van der Waals surface area (Å²) in [6, 6.07) is 7.54. The molecule has 1 aromatic carbocycles. The first-order valence-corrected chi connectivity index (χ1v) is 9.66. The Labute approximate surface area is 158 Å². The number of carbonyl (C=O) groups excluding carboxylic acids is 2. The fourth-order valence-electron chi connectivity index (χ4n) is 2.56. The van der Waals surface area contributed by atoms with Gasteiger partial charge in [0.2, 0.25) is 5.91 Å². The monoisotopic (exact) mass is 376 g/mol. The molecule has 0 spiro atoms. The van der Waals surface area contributed by atoms with Crippen LogP contribution in [0.3, 0.4) is 0 Å². The van der Waals surface area contributed by atoms with Gasteiger partial charge in [-0.15, -0.1) is 11.3 Å². The van der Waals surface area contributed by atoms with Gasteiger partial charge >= 0.3 is 0 Å². The van der Waals surface area contributed by atoms with Gasteiger partial charge in [-0.25, -0.2) is 4.39 Å². The minimum absolute atomic E-state index is 0.0200. The number of hydrogen-bond donors (Lipinski definition) is 1. The predicted octanol–water partition coefficient (Wildman–Crippen LogP) is 4.14. The molecule has 4 nitrogen and oxygen atoms in total. The number of amides is 2. The minimum atomic E-state index is -0.384. The number of aryl methyl sites for hydroxylation is 1. The number of carbonyl (C=O) groups is 2. The van der Waals surface area contributed by atoms with Crippen LogP contribution < -0.4 is 5.32 Å². The smallest absolute Gasteiger partial charge is 0.251 e. The Morgan fingerprint density at radius 3 is 2.50 bits per heavy atom. The third-order valence-corrected chi connectivity index (χ3v) is 5.46. The number of nitrogens with zero attached hydrogens (tertiary/aromatic N) is 1. The van der Waals surface area contributed by atoms with Crippen LogP contribution in [0, 0.1) is 12.7 Å². The van der Waals surface area contributed by atoms with Crippen LogP contribution >= 0.6 is 11.3 Å². The first-order chi connectivity index (χ1) is 12.4. The van der Waals surface area contributed by atoms with Crippen LogP contribution in [0.4, 0.5) is 4.39 Å². The van der Waals surface area contributed by atoms with E-state index in [1.807, 2.05) is 24.1 Å². The molecule has 0 aliphatic rings. The topological polar surface area (TPSA) is 49.4 Å². The molecule has 1 aromatic heterocycles. The minimum Gasteiger partial charge on any atom is -0.352 e. The molecule has 0 aliphatic carbocycles. The number of thiophene rings is 1. The molecule has 0 saturated heterocycles. The van der Waals surface area contributed by atoms with Gasteiger partial charge in [0.1, 0.15) is 5.82 Å². The highest BCUT2D eigenvalue weighted by Crippen LogP contribution is 2.20. The van der Waals surface area contributed by atoms with Crippen LogP contribution in [0.2, 0.25) is 0 Å². The number of halogens is 1. The van der Waals surface area contributed by atoms with E-state index in [4.69, 9.17) is 0 Å². The molecule has 26 heavy (non-hydrogen) atoms. The fourth-order valence-corrected chi connectivity index (χ4v) is 3.46. The van der Waals surface area contributed by atoms with Crippen molar-refractivity contribution in [2.45, 2.75) is 46.2 Å². The summed E-state index contributed by atoms with van der Waals surface area (Å²) in [4.78, 5) is 27.8. The molecule has 140 valence electrons. The first kappa shape index (κ1) is 20.1. The summed E-state index contributed by atoms with van der Waals surface area (Å²) in [6.07, 6.45) is 1.11. The zero-order valence-electron chi connectivity index (χ0n) is 15.4. The Morgan fingerprint density at radius 1 is 1.23 bits per heavy atom. The standard InChI is InChI=1S/C20H25FN2O2S/c1-4-15(3)23(13-18-14(2)10-12-26-18)19(24)9-11-22-20(25)16-5-7-17(21)8-6-16/h5-8,10,12,15H,4,9,11,13H2,1-3H3,(H,22,25). The van der Waals surface area contributed by atoms with E-state index in [0.717, 1.165) is 6.42 Å². The molecule has 0 aliphatic heterocycles. The zero-order valence-corrected chi connectivity index (χ0v) is 16.2. The molecule has 0 radical (unpaired) electrons. The van der Waals surface area contributed by atoms with Gasteiger partial charge in [0.05, 0.1) is 6.54 Å². The van der Waals surface area contributed by atoms with Crippen molar-refractivity contribution in [1.29, 1.82) is 0 Å². The van der Waals surface area contributed by atoms with E-state index in [2.05, 4.69) is 18.3 Å². The SMILES string of the molecule is CCC(C)N(Cc1sccc1C)C(=O)CCNC(=O)c1ccc(F)cc1. The molecule has 0 fully saturated rings. The summed E-state index contributed by atoms with van der Waals surface area (Å²) in [5.41, 5.74) is 1.58. The van der Waals surface area contributed by atoms with E-state index in [1.165, 1.54) is 34.7 Å². The van der Waals surface area contributed by atoms with E-state index in [-0.39, 0.29) is 36.6 Å². The molecule has 1 heterocycles. The number of rotatable bonds is 8. The summed E-state index contributed by atoms with van der Waals surface area (Å²) in [7, 11) is 0. The van der Waals surface area contributed by atoms with E-state index >= 15 is 0 Å². The molecular weight excluding hydrogens is 351 g/mol. The van der Waals surface area contributed by atoms with Gasteiger partial charge in [-0.05, 0) is 61.5 Å². The normalized spacial score (nSPS) is 11.8. The molecule has 6 heteroatoms. The average Bonchev–Trinajstić information content (AvgIpc) is 3.04. The molecule has 2 rings (SSSR count). The van der Waals surface area contributed by atoms with Crippen molar-refractivity contribution in [3.8, 4) is 0 Å². The molecule has 0 saturated carbocycles. The number of hydrogen-bond acceptors (Lipinski definition) is 3.